The molecule has 0 radical (unpaired) electrons. The van der Waals surface area contributed by atoms with E-state index in [0.717, 1.165) is 24.4 Å². The predicted molar refractivity (Wildman–Crippen MR) is 110 cm³/mol. The highest BCUT2D eigenvalue weighted by Crippen LogP contribution is 2.34. The molecule has 150 valence electrons. The third-order valence-electron chi connectivity index (χ3n) is 5.83. The molecule has 0 N–H and O–H groups in total. The largest absolute Gasteiger partial charge is 0.347 e. The molecule has 3 aromatic heterocycles. The fourth-order valence-electron chi connectivity index (χ4n) is 4.54. The number of hydrogen-bond donors (Lipinski definition) is 0. The van der Waals surface area contributed by atoms with Crippen LogP contribution in [0.5, 0.6) is 0 Å². The number of piperazine rings is 1. The minimum absolute atomic E-state index is 0.0310. The fraction of sp³-hybridized carbons (Fsp3) is 0.318. The summed E-state index contributed by atoms with van der Waals surface area (Å²) in [5.41, 5.74) is 1.92. The van der Waals surface area contributed by atoms with Gasteiger partial charge in [-0.15, -0.1) is 0 Å². The van der Waals surface area contributed by atoms with Crippen molar-refractivity contribution in [3.63, 3.8) is 0 Å². The average molecular weight is 399 g/mol. The van der Waals surface area contributed by atoms with Crippen molar-refractivity contribution in [3.8, 4) is 11.9 Å². The summed E-state index contributed by atoms with van der Waals surface area (Å²) in [7, 11) is 0. The number of carbonyl (C=O) groups is 1. The van der Waals surface area contributed by atoms with E-state index in [4.69, 9.17) is 0 Å². The normalized spacial score (nSPS) is 20.3. The van der Waals surface area contributed by atoms with Crippen molar-refractivity contribution >= 4 is 11.7 Å². The van der Waals surface area contributed by atoms with Gasteiger partial charge in [0.1, 0.15) is 11.5 Å². The number of anilines is 1. The van der Waals surface area contributed by atoms with E-state index >= 15 is 0 Å². The Hall–Kier alpha value is -3.73. The van der Waals surface area contributed by atoms with E-state index in [1.807, 2.05) is 42.2 Å². The Bertz CT molecular complexity index is 1120. The highest BCUT2D eigenvalue weighted by Gasteiger charge is 2.42. The van der Waals surface area contributed by atoms with Gasteiger partial charge < -0.3 is 9.80 Å². The number of nitriles is 1. The van der Waals surface area contributed by atoms with E-state index in [1.165, 1.54) is 0 Å². The summed E-state index contributed by atoms with van der Waals surface area (Å²) in [6.45, 7) is 3.13. The smallest absolute Gasteiger partial charge is 0.272 e. The Balaban J connectivity index is 1.41. The molecule has 2 fully saturated rings. The van der Waals surface area contributed by atoms with Crippen LogP contribution in [0.3, 0.4) is 0 Å². The third kappa shape index (κ3) is 3.08. The number of carbonyl (C=O) groups excluding carboxylic acids is 1. The zero-order chi connectivity index (χ0) is 20.7. The molecule has 0 aromatic carbocycles. The zero-order valence-electron chi connectivity index (χ0n) is 16.6. The lowest BCUT2D eigenvalue weighted by Crippen LogP contribution is -2.56. The highest BCUT2D eigenvalue weighted by atomic mass is 16.2. The van der Waals surface area contributed by atoms with E-state index in [-0.39, 0.29) is 18.0 Å². The Morgan fingerprint density at radius 2 is 1.83 bits per heavy atom. The maximum Gasteiger partial charge on any atom is 0.272 e. The number of fused-ring (bicyclic) bond motifs is 2. The lowest BCUT2D eigenvalue weighted by molar-refractivity contribution is 0.0708. The van der Waals surface area contributed by atoms with Crippen molar-refractivity contribution in [1.82, 2.24) is 24.6 Å². The molecule has 3 aromatic rings. The molecular formula is C22H21N7O. The molecule has 0 saturated carbocycles. The van der Waals surface area contributed by atoms with Crippen LogP contribution in [-0.4, -0.2) is 55.7 Å². The van der Waals surface area contributed by atoms with E-state index in [0.29, 0.717) is 30.2 Å². The van der Waals surface area contributed by atoms with Gasteiger partial charge in [0, 0.05) is 37.6 Å². The molecule has 0 aliphatic carbocycles. The van der Waals surface area contributed by atoms with Crippen LogP contribution in [-0.2, 0) is 0 Å². The summed E-state index contributed by atoms with van der Waals surface area (Å²) in [6.07, 6.45) is 5.39. The monoisotopic (exact) mass is 399 g/mol. The van der Waals surface area contributed by atoms with Crippen molar-refractivity contribution in [3.05, 3.63) is 65.7 Å². The second-order valence-electron chi connectivity index (χ2n) is 7.79. The van der Waals surface area contributed by atoms with Crippen LogP contribution >= 0.6 is 0 Å². The van der Waals surface area contributed by atoms with Gasteiger partial charge in [-0.2, -0.15) is 10.4 Å². The van der Waals surface area contributed by atoms with Gasteiger partial charge in [-0.25, -0.2) is 14.6 Å². The van der Waals surface area contributed by atoms with Gasteiger partial charge in [0.15, 0.2) is 5.82 Å². The van der Waals surface area contributed by atoms with Crippen LogP contribution in [0.2, 0.25) is 0 Å². The van der Waals surface area contributed by atoms with Gasteiger partial charge in [0.25, 0.3) is 5.91 Å². The van der Waals surface area contributed by atoms with Crippen LogP contribution in [0.25, 0.3) is 5.82 Å². The molecule has 2 aliphatic rings. The van der Waals surface area contributed by atoms with Crippen LogP contribution in [0.4, 0.5) is 5.82 Å². The fourth-order valence-corrected chi connectivity index (χ4v) is 4.54. The number of nitrogens with zero attached hydrogens (tertiary/aromatic N) is 7. The summed E-state index contributed by atoms with van der Waals surface area (Å²) in [4.78, 5) is 26.5. The molecular weight excluding hydrogens is 378 g/mol. The number of pyridine rings is 2. The maximum absolute atomic E-state index is 13.4. The van der Waals surface area contributed by atoms with Crippen molar-refractivity contribution < 1.29 is 4.79 Å². The average Bonchev–Trinajstić information content (AvgIpc) is 3.30. The number of likely N-dealkylation sites (tertiary alicyclic amines) is 1. The maximum atomic E-state index is 13.4. The summed E-state index contributed by atoms with van der Waals surface area (Å²) in [5, 5.41) is 13.7. The first-order chi connectivity index (χ1) is 14.6. The molecule has 2 atom stereocenters. The summed E-state index contributed by atoms with van der Waals surface area (Å²) < 4.78 is 1.63. The zero-order valence-corrected chi connectivity index (χ0v) is 16.6. The van der Waals surface area contributed by atoms with Crippen molar-refractivity contribution in [2.45, 2.75) is 31.8 Å². The van der Waals surface area contributed by atoms with Gasteiger partial charge >= 0.3 is 0 Å². The van der Waals surface area contributed by atoms with Gasteiger partial charge in [0.2, 0.25) is 0 Å². The minimum atomic E-state index is -0.0310. The molecule has 2 bridgehead atoms. The van der Waals surface area contributed by atoms with E-state index in [9.17, 15) is 10.1 Å². The number of aryl methyl sites for hydroxylation is 1. The molecule has 2 aliphatic heterocycles. The quantitative estimate of drug-likeness (QED) is 0.671. The standard InChI is InChI=1S/C22H21N7O/c1-15-10-19(29(26-15)20-4-2-3-8-24-20)22(30)27-13-17-5-6-18(14-27)28(17)21-11-16(12-23)7-9-25-21/h2-4,7-11,17-18H,5-6,13-14H2,1H3. The van der Waals surface area contributed by atoms with E-state index < -0.39 is 0 Å². The van der Waals surface area contributed by atoms with Crippen LogP contribution in [0, 0.1) is 18.3 Å². The second kappa shape index (κ2) is 7.26. The SMILES string of the molecule is Cc1cc(C(=O)N2CC3CCC(C2)N3c2cc(C#N)ccn2)n(-c2ccccn2)n1. The van der Waals surface area contributed by atoms with Gasteiger partial charge in [-0.1, -0.05) is 6.07 Å². The van der Waals surface area contributed by atoms with E-state index in [2.05, 4.69) is 26.0 Å². The van der Waals surface area contributed by atoms with E-state index in [1.54, 1.807) is 23.1 Å². The summed E-state index contributed by atoms with van der Waals surface area (Å²) >= 11 is 0. The molecule has 30 heavy (non-hydrogen) atoms. The molecule has 8 nitrogen and oxygen atoms in total. The van der Waals surface area contributed by atoms with Gasteiger partial charge in [-0.05, 0) is 50.1 Å². The Morgan fingerprint density at radius 1 is 1.07 bits per heavy atom. The lowest BCUT2D eigenvalue weighted by atomic mass is 10.1. The van der Waals surface area contributed by atoms with Gasteiger partial charge in [-0.3, -0.25) is 4.79 Å². The van der Waals surface area contributed by atoms with Crippen LogP contribution in [0.1, 0.15) is 34.6 Å². The molecule has 0 spiro atoms. The van der Waals surface area contributed by atoms with Crippen molar-refractivity contribution in [2.75, 3.05) is 18.0 Å². The Kier molecular flexibility index (Phi) is 4.43. The number of amides is 1. The molecule has 5 rings (SSSR count). The second-order valence-corrected chi connectivity index (χ2v) is 7.79. The number of hydrogen-bond acceptors (Lipinski definition) is 6. The summed E-state index contributed by atoms with van der Waals surface area (Å²) in [5.74, 6) is 1.42. The minimum Gasteiger partial charge on any atom is -0.347 e. The van der Waals surface area contributed by atoms with Crippen molar-refractivity contribution in [2.24, 2.45) is 0 Å². The Morgan fingerprint density at radius 3 is 2.53 bits per heavy atom. The van der Waals surface area contributed by atoms with Crippen LogP contribution < -0.4 is 4.90 Å². The molecule has 8 heteroatoms. The highest BCUT2D eigenvalue weighted by molar-refractivity contribution is 5.93. The first kappa shape index (κ1) is 18.3. The first-order valence-corrected chi connectivity index (χ1v) is 10.1. The first-order valence-electron chi connectivity index (χ1n) is 10.1. The number of aromatic nitrogens is 4. The molecule has 1 amide bonds. The molecule has 5 heterocycles. The van der Waals surface area contributed by atoms with Gasteiger partial charge in [0.05, 0.1) is 17.3 Å². The summed E-state index contributed by atoms with van der Waals surface area (Å²) in [6, 6.07) is 13.5. The Labute approximate surface area is 174 Å². The van der Waals surface area contributed by atoms with Crippen molar-refractivity contribution in [1.29, 1.82) is 5.26 Å². The number of rotatable bonds is 3. The molecule has 2 unspecified atom stereocenters. The predicted octanol–water partition coefficient (Wildman–Crippen LogP) is 2.34. The third-order valence-corrected chi connectivity index (χ3v) is 5.83. The topological polar surface area (TPSA) is 90.9 Å². The lowest BCUT2D eigenvalue weighted by Gasteiger charge is -2.41. The molecule has 2 saturated heterocycles. The van der Waals surface area contributed by atoms with Crippen LogP contribution in [0.15, 0.2) is 48.8 Å².